The maximum atomic E-state index is 13.7. The Balaban J connectivity index is 1.88. The van der Waals surface area contributed by atoms with Crippen LogP contribution in [0.5, 0.6) is 0 Å². The number of rotatable bonds is 5. The molecule has 2 amide bonds. The first-order valence-corrected chi connectivity index (χ1v) is 9.30. The Labute approximate surface area is 160 Å². The summed E-state index contributed by atoms with van der Waals surface area (Å²) >= 11 is 0. The normalized spacial score (nSPS) is 21.8. The van der Waals surface area contributed by atoms with E-state index in [1.165, 1.54) is 0 Å². The summed E-state index contributed by atoms with van der Waals surface area (Å²) in [6.45, 7) is 3.41. The topological polar surface area (TPSA) is 88.0 Å². The van der Waals surface area contributed by atoms with E-state index in [1.54, 1.807) is 38.1 Å². The molecule has 1 aliphatic rings. The van der Waals surface area contributed by atoms with E-state index in [9.17, 15) is 22.8 Å². The van der Waals surface area contributed by atoms with Crippen LogP contribution in [0.1, 0.15) is 43.9 Å². The molecule has 8 heteroatoms. The molecule has 3 rings (SSSR count). The zero-order chi connectivity index (χ0) is 20.7. The van der Waals surface area contributed by atoms with Crippen LogP contribution < -0.4 is 11.1 Å². The number of H-pyrrole nitrogens is 1. The predicted molar refractivity (Wildman–Crippen MR) is 99.5 cm³/mol. The van der Waals surface area contributed by atoms with Gasteiger partial charge in [0.05, 0.1) is 11.3 Å². The zero-order valence-electron chi connectivity index (χ0n) is 15.8. The van der Waals surface area contributed by atoms with Crippen molar-refractivity contribution in [2.24, 2.45) is 17.1 Å². The molecule has 0 saturated carbocycles. The summed E-state index contributed by atoms with van der Waals surface area (Å²) in [5, 5.41) is 3.36. The van der Waals surface area contributed by atoms with Gasteiger partial charge in [0.25, 0.3) is 0 Å². The fourth-order valence-electron chi connectivity index (χ4n) is 3.78. The van der Waals surface area contributed by atoms with E-state index in [-0.39, 0.29) is 25.1 Å². The van der Waals surface area contributed by atoms with Gasteiger partial charge in [-0.25, -0.2) is 0 Å². The van der Waals surface area contributed by atoms with Gasteiger partial charge in [0.2, 0.25) is 11.8 Å². The van der Waals surface area contributed by atoms with Gasteiger partial charge in [0.1, 0.15) is 0 Å². The Morgan fingerprint density at radius 2 is 1.96 bits per heavy atom. The quantitative estimate of drug-likeness (QED) is 0.725. The Morgan fingerprint density at radius 3 is 2.57 bits per heavy atom. The number of aromatic nitrogens is 1. The molecule has 0 radical (unpaired) electrons. The summed E-state index contributed by atoms with van der Waals surface area (Å²) < 4.78 is 41.1. The fraction of sp³-hybridized carbons (Fsp3) is 0.500. The van der Waals surface area contributed by atoms with Gasteiger partial charge in [-0.2, -0.15) is 13.2 Å². The Bertz CT molecular complexity index is 906. The van der Waals surface area contributed by atoms with Crippen molar-refractivity contribution in [1.82, 2.24) is 10.3 Å². The number of carbonyl (C=O) groups is 2. The number of primary amides is 1. The highest BCUT2D eigenvalue weighted by molar-refractivity contribution is 5.88. The van der Waals surface area contributed by atoms with E-state index >= 15 is 0 Å². The number of aromatic amines is 1. The SMILES string of the molecule is CC[C@@](C)(CNC(=O)C1Cc2c([nH]c3ccccc23)C(C(F)(F)F)C1)C(N)=O. The first-order chi connectivity index (χ1) is 13.1. The van der Waals surface area contributed by atoms with Gasteiger partial charge in [0, 0.05) is 29.1 Å². The van der Waals surface area contributed by atoms with Gasteiger partial charge in [-0.05, 0) is 37.8 Å². The molecular weight excluding hydrogens is 371 g/mol. The van der Waals surface area contributed by atoms with E-state index < -0.39 is 35.2 Å². The first kappa shape index (κ1) is 20.2. The highest BCUT2D eigenvalue weighted by atomic mass is 19.4. The average Bonchev–Trinajstić information content (AvgIpc) is 3.02. The van der Waals surface area contributed by atoms with Crippen LogP contribution in [0.25, 0.3) is 10.9 Å². The highest BCUT2D eigenvalue weighted by Gasteiger charge is 2.48. The molecular formula is C20H24F3N3O2. The summed E-state index contributed by atoms with van der Waals surface area (Å²) in [6.07, 6.45) is -4.14. The van der Waals surface area contributed by atoms with Crippen LogP contribution in [0.15, 0.2) is 24.3 Å². The number of fused-ring (bicyclic) bond motifs is 3. The van der Waals surface area contributed by atoms with Crippen molar-refractivity contribution in [3.05, 3.63) is 35.5 Å². The Morgan fingerprint density at radius 1 is 1.29 bits per heavy atom. The second-order valence-electron chi connectivity index (χ2n) is 7.79. The third-order valence-electron chi connectivity index (χ3n) is 5.96. The van der Waals surface area contributed by atoms with Crippen molar-refractivity contribution in [2.45, 2.75) is 45.2 Å². The lowest BCUT2D eigenvalue weighted by molar-refractivity contribution is -0.158. The predicted octanol–water partition coefficient (Wildman–Crippen LogP) is 3.39. The minimum atomic E-state index is -4.46. The van der Waals surface area contributed by atoms with E-state index in [0.29, 0.717) is 22.9 Å². The summed E-state index contributed by atoms with van der Waals surface area (Å²) in [5.74, 6) is -3.59. The zero-order valence-corrected chi connectivity index (χ0v) is 15.8. The molecule has 28 heavy (non-hydrogen) atoms. The molecule has 1 heterocycles. The van der Waals surface area contributed by atoms with Crippen molar-refractivity contribution in [3.63, 3.8) is 0 Å². The summed E-state index contributed by atoms with van der Waals surface area (Å²) in [7, 11) is 0. The van der Waals surface area contributed by atoms with E-state index in [0.717, 1.165) is 0 Å². The maximum Gasteiger partial charge on any atom is 0.397 e. The number of benzene rings is 1. The molecule has 1 aliphatic carbocycles. The molecule has 1 aromatic heterocycles. The van der Waals surface area contributed by atoms with E-state index in [1.807, 2.05) is 0 Å². The Hall–Kier alpha value is -2.51. The minimum absolute atomic E-state index is 0.00555. The van der Waals surface area contributed by atoms with Gasteiger partial charge < -0.3 is 16.0 Å². The summed E-state index contributed by atoms with van der Waals surface area (Å²) in [5.41, 5.74) is 5.78. The standard InChI is InChI=1S/C20H24F3N3O2/c1-3-19(2,18(24)28)10-25-17(27)11-8-13-12-6-4-5-7-15(12)26-16(13)14(9-11)20(21,22)23/h4-7,11,14,26H,3,8-10H2,1-2H3,(H2,24,28)(H,25,27)/t11?,14?,19-/m0/s1. The van der Waals surface area contributed by atoms with Crippen LogP contribution in [-0.2, 0) is 16.0 Å². The van der Waals surface area contributed by atoms with E-state index in [4.69, 9.17) is 5.73 Å². The lowest BCUT2D eigenvalue weighted by atomic mass is 9.78. The number of para-hydroxylation sites is 1. The van der Waals surface area contributed by atoms with Crippen LogP contribution >= 0.6 is 0 Å². The van der Waals surface area contributed by atoms with Gasteiger partial charge in [0.15, 0.2) is 0 Å². The number of nitrogens with one attached hydrogen (secondary N) is 2. The van der Waals surface area contributed by atoms with Crippen LogP contribution in [0, 0.1) is 11.3 Å². The second-order valence-corrected chi connectivity index (χ2v) is 7.79. The van der Waals surface area contributed by atoms with Crippen molar-refractivity contribution in [3.8, 4) is 0 Å². The van der Waals surface area contributed by atoms with Crippen LogP contribution in [0.3, 0.4) is 0 Å². The number of amides is 2. The molecule has 0 saturated heterocycles. The monoisotopic (exact) mass is 395 g/mol. The van der Waals surface area contributed by atoms with Gasteiger partial charge in [-0.15, -0.1) is 0 Å². The molecule has 0 bridgehead atoms. The largest absolute Gasteiger partial charge is 0.397 e. The minimum Gasteiger partial charge on any atom is -0.369 e. The second kappa shape index (κ2) is 7.14. The van der Waals surface area contributed by atoms with Gasteiger partial charge >= 0.3 is 6.18 Å². The average molecular weight is 395 g/mol. The Kier molecular flexibility index (Phi) is 5.16. The maximum absolute atomic E-state index is 13.7. The highest BCUT2D eigenvalue weighted by Crippen LogP contribution is 2.46. The molecule has 3 atom stereocenters. The van der Waals surface area contributed by atoms with Crippen molar-refractivity contribution in [2.75, 3.05) is 6.54 Å². The molecule has 5 nitrogen and oxygen atoms in total. The van der Waals surface area contributed by atoms with E-state index in [2.05, 4.69) is 10.3 Å². The van der Waals surface area contributed by atoms with Crippen molar-refractivity contribution >= 4 is 22.7 Å². The number of hydrogen-bond donors (Lipinski definition) is 3. The van der Waals surface area contributed by atoms with Crippen LogP contribution in [0.2, 0.25) is 0 Å². The lowest BCUT2D eigenvalue weighted by Crippen LogP contribution is -2.46. The third-order valence-corrected chi connectivity index (χ3v) is 5.96. The smallest absolute Gasteiger partial charge is 0.369 e. The van der Waals surface area contributed by atoms with Gasteiger partial charge in [-0.1, -0.05) is 25.1 Å². The van der Waals surface area contributed by atoms with Crippen LogP contribution in [-0.4, -0.2) is 29.5 Å². The number of carbonyl (C=O) groups excluding carboxylic acids is 2. The molecule has 4 N–H and O–H groups in total. The number of alkyl halides is 3. The lowest BCUT2D eigenvalue weighted by Gasteiger charge is -2.31. The molecule has 1 aromatic carbocycles. The van der Waals surface area contributed by atoms with Crippen LogP contribution in [0.4, 0.5) is 13.2 Å². The number of hydrogen-bond acceptors (Lipinski definition) is 2. The van der Waals surface area contributed by atoms with Gasteiger partial charge in [-0.3, -0.25) is 9.59 Å². The molecule has 0 fully saturated rings. The third kappa shape index (κ3) is 3.59. The molecule has 0 aliphatic heterocycles. The fourth-order valence-corrected chi connectivity index (χ4v) is 3.78. The molecule has 2 unspecified atom stereocenters. The molecule has 0 spiro atoms. The molecule has 152 valence electrons. The number of halogens is 3. The molecule has 2 aromatic rings. The van der Waals surface area contributed by atoms with Crippen molar-refractivity contribution < 1.29 is 22.8 Å². The van der Waals surface area contributed by atoms with Crippen molar-refractivity contribution in [1.29, 1.82) is 0 Å². The summed E-state index contributed by atoms with van der Waals surface area (Å²) in [4.78, 5) is 27.2. The number of nitrogens with two attached hydrogens (primary N) is 1. The summed E-state index contributed by atoms with van der Waals surface area (Å²) in [6, 6.07) is 7.02. The first-order valence-electron chi connectivity index (χ1n) is 9.30.